The van der Waals surface area contributed by atoms with Crippen LogP contribution in [0.5, 0.6) is 0 Å². The first kappa shape index (κ1) is 67.2. The second-order valence-electron chi connectivity index (χ2n) is 27.4. The SMILES string of the molecule is Cc1cc(-c2nn(C3CCCC3)c3ncncc23)on1.Cc1cnoc1-c1nn(C2CCCC2)c2ncnc(C)c12.Cc1coc(-c2nn(C3CCCC3)c3nc(N)ncc23)n1.Cc1coc(-c2nn(C3CCCC3)c3ncnc(Cl)c23)c1.Cc1noc(-c2nn(C3CCCC3)c3nc[nH]c(=O)c23)n1. The first-order valence-corrected chi connectivity index (χ1v) is 36.0. The Morgan fingerprint density at radius 2 is 1.04 bits per heavy atom. The molecule has 5 saturated carbocycles. The third-order valence-electron chi connectivity index (χ3n) is 20.1. The fraction of sp³-hybridized carbons (Fsp3) is 0.437. The molecule has 0 saturated heterocycles. The molecule has 0 aliphatic heterocycles. The van der Waals surface area contributed by atoms with Gasteiger partial charge in [0, 0.05) is 24.0 Å². The number of aromatic amines is 1. The predicted molar refractivity (Wildman–Crippen MR) is 382 cm³/mol. The Balaban J connectivity index is 0.000000100. The first-order valence-electron chi connectivity index (χ1n) is 35.7. The zero-order chi connectivity index (χ0) is 71.1. The fourth-order valence-electron chi connectivity index (χ4n) is 15.1. The van der Waals surface area contributed by atoms with E-state index in [-0.39, 0.29) is 23.4 Å². The third kappa shape index (κ3) is 13.1. The maximum absolute atomic E-state index is 12.2. The molecule has 15 aromatic heterocycles. The molecule has 15 aromatic rings. The van der Waals surface area contributed by atoms with Crippen LogP contribution in [0.25, 0.3) is 113 Å². The number of rotatable bonds is 10. The molecule has 33 heteroatoms. The van der Waals surface area contributed by atoms with Crippen molar-refractivity contribution in [3.8, 4) is 57.5 Å². The Hall–Kier alpha value is -11.3. The van der Waals surface area contributed by atoms with E-state index >= 15 is 0 Å². The number of hydrogen-bond acceptors (Lipinski definition) is 26. The Kier molecular flexibility index (Phi) is 18.6. The van der Waals surface area contributed by atoms with Gasteiger partial charge in [0.1, 0.15) is 52.9 Å². The molecule has 104 heavy (non-hydrogen) atoms. The summed E-state index contributed by atoms with van der Waals surface area (Å²) in [5.74, 6) is 3.64. The number of furan rings is 1. The van der Waals surface area contributed by atoms with E-state index < -0.39 is 0 Å². The normalized spacial score (nSPS) is 16.1. The Bertz CT molecular complexity index is 5580. The molecular weight excluding hydrogens is 1350 g/mol. The monoisotopic (exact) mass is 1420 g/mol. The van der Waals surface area contributed by atoms with E-state index in [2.05, 4.69) is 85.1 Å². The molecule has 15 heterocycles. The second-order valence-corrected chi connectivity index (χ2v) is 27.8. The average Bonchev–Trinajstić information content (AvgIpc) is 1.63. The second kappa shape index (κ2) is 28.8. The number of fused-ring (bicyclic) bond motifs is 5. The summed E-state index contributed by atoms with van der Waals surface area (Å²) in [6.45, 7) is 11.5. The van der Waals surface area contributed by atoms with Crippen LogP contribution in [-0.2, 0) is 0 Å². The van der Waals surface area contributed by atoms with Crippen molar-refractivity contribution in [2.24, 2.45) is 0 Å². The lowest BCUT2D eigenvalue weighted by atomic mass is 10.1. The maximum atomic E-state index is 12.2. The molecule has 0 atom stereocenters. The number of aryl methyl sites for hydroxylation is 6. The van der Waals surface area contributed by atoms with E-state index in [9.17, 15) is 4.79 Å². The number of H-pyrrole nitrogens is 1. The number of aromatic nitrogens is 25. The number of nitrogen functional groups attached to an aromatic ring is 1. The number of nitrogens with two attached hydrogens (primary N) is 1. The molecule has 0 spiro atoms. The van der Waals surface area contributed by atoms with Crippen molar-refractivity contribution in [2.45, 2.75) is 200 Å². The quantitative estimate of drug-likeness (QED) is 0.120. The van der Waals surface area contributed by atoms with Crippen molar-refractivity contribution in [3.05, 3.63) is 118 Å². The number of nitrogens with one attached hydrogen (secondary N) is 1. The standard InChI is InChI=1S/C15H15ClN4O.C15H17N5O.C14H16N6O.C14H15N5O.C13H14N6O2/c1-9-6-11(21-7-9)13-12-14(16)17-8-18-15(12)20(19-13)10-4-2-3-5-10;1-9-7-18-21-14(9)13-12-10(2)16-8-17-15(12)20(19-13)11-5-3-4-6-11;1-8-7-21-13(17-8)11-10-6-16-14(15)18-12(10)20(19-11)9-4-2-3-5-9;1-9-6-12(20-18-9)13-11-7-15-8-16-14(11)19(17-13)10-4-2-3-5-10;1-7-16-13(21-18-7)10-9-11(14-6-15-12(9)20)19(17-10)8-4-2-3-5-8/h6-8,10H,2-5H2,1H3;7-8,11H,3-6H2,1-2H3;6-7,9H,2-5H2,1H3,(H2,15,16,18);6-8,10H,2-5H2,1H3;6,8H,2-5H2,1H3,(H,14,15,20). The number of halogens is 1. The third-order valence-corrected chi connectivity index (χ3v) is 20.4. The van der Waals surface area contributed by atoms with Gasteiger partial charge in [0.25, 0.3) is 11.4 Å². The molecule has 0 amide bonds. The molecule has 32 nitrogen and oxygen atoms in total. The van der Waals surface area contributed by atoms with Gasteiger partial charge in [-0.1, -0.05) is 91.3 Å². The van der Waals surface area contributed by atoms with Crippen LogP contribution in [0, 0.1) is 41.5 Å². The van der Waals surface area contributed by atoms with Crippen LogP contribution >= 0.6 is 11.6 Å². The van der Waals surface area contributed by atoms with Gasteiger partial charge in [0.15, 0.2) is 62.7 Å². The molecule has 0 bridgehead atoms. The predicted octanol–water partition coefficient (Wildman–Crippen LogP) is 14.4. The van der Waals surface area contributed by atoms with Crippen molar-refractivity contribution < 1.29 is 22.4 Å². The number of nitrogens with zero attached hydrogens (tertiary/aromatic N) is 24. The Morgan fingerprint density at radius 3 is 1.62 bits per heavy atom. The molecule has 0 unspecified atom stereocenters. The van der Waals surface area contributed by atoms with Crippen LogP contribution < -0.4 is 11.3 Å². The van der Waals surface area contributed by atoms with Gasteiger partial charge in [-0.05, 0) is 117 Å². The number of hydrogen-bond donors (Lipinski definition) is 2. The summed E-state index contributed by atoms with van der Waals surface area (Å²) < 4.78 is 36.9. The maximum Gasteiger partial charge on any atom is 0.279 e. The fourth-order valence-corrected chi connectivity index (χ4v) is 15.3. The van der Waals surface area contributed by atoms with Gasteiger partial charge >= 0.3 is 0 Å². The van der Waals surface area contributed by atoms with E-state index in [1.165, 1.54) is 76.9 Å². The van der Waals surface area contributed by atoms with E-state index in [1.54, 1.807) is 50.7 Å². The van der Waals surface area contributed by atoms with Crippen LogP contribution in [0.3, 0.4) is 0 Å². The van der Waals surface area contributed by atoms with E-state index in [0.717, 1.165) is 159 Å². The highest BCUT2D eigenvalue weighted by molar-refractivity contribution is 6.35. The summed E-state index contributed by atoms with van der Waals surface area (Å²) in [4.78, 5) is 61.9. The van der Waals surface area contributed by atoms with Crippen molar-refractivity contribution in [2.75, 3.05) is 5.73 Å². The van der Waals surface area contributed by atoms with Crippen LogP contribution in [0.2, 0.25) is 5.15 Å². The van der Waals surface area contributed by atoms with Gasteiger partial charge in [-0.3, -0.25) is 4.79 Å². The van der Waals surface area contributed by atoms with Gasteiger partial charge in [0.05, 0.1) is 87.6 Å². The summed E-state index contributed by atoms with van der Waals surface area (Å²) in [7, 11) is 0. The van der Waals surface area contributed by atoms with Gasteiger partial charge in [-0.15, -0.1) is 0 Å². The number of anilines is 1. The average molecular weight is 1430 g/mol. The molecule has 0 aromatic carbocycles. The molecule has 5 aliphatic rings. The van der Waals surface area contributed by atoms with E-state index in [4.69, 9.17) is 60.1 Å². The highest BCUT2D eigenvalue weighted by Gasteiger charge is 2.32. The van der Waals surface area contributed by atoms with E-state index in [1.807, 2.05) is 65.5 Å². The lowest BCUT2D eigenvalue weighted by Gasteiger charge is -2.10. The van der Waals surface area contributed by atoms with Crippen LogP contribution in [0.1, 0.15) is 193 Å². The summed E-state index contributed by atoms with van der Waals surface area (Å²) in [6.07, 6.45) is 38.2. The van der Waals surface area contributed by atoms with Crippen molar-refractivity contribution in [1.29, 1.82) is 0 Å². The molecule has 5 aliphatic carbocycles. The molecule has 5 fully saturated rings. The smallest absolute Gasteiger partial charge is 0.279 e. The lowest BCUT2D eigenvalue weighted by Crippen LogP contribution is -2.10. The van der Waals surface area contributed by atoms with Crippen LogP contribution in [0.4, 0.5) is 5.95 Å². The van der Waals surface area contributed by atoms with Crippen LogP contribution in [0.15, 0.2) is 95.8 Å². The molecule has 3 N–H and O–H groups in total. The van der Waals surface area contributed by atoms with Gasteiger partial charge in [-0.25, -0.2) is 68.3 Å². The molecule has 20 rings (SSSR count). The summed E-state index contributed by atoms with van der Waals surface area (Å²) in [5.41, 5.74) is 17.5. The highest BCUT2D eigenvalue weighted by Crippen LogP contribution is 2.42. The summed E-state index contributed by atoms with van der Waals surface area (Å²) >= 11 is 6.29. The van der Waals surface area contributed by atoms with Gasteiger partial charge in [-0.2, -0.15) is 35.5 Å². The zero-order valence-corrected chi connectivity index (χ0v) is 59.3. The lowest BCUT2D eigenvalue weighted by molar-refractivity contribution is 0.421. The van der Waals surface area contributed by atoms with Gasteiger partial charge < -0.3 is 33.1 Å². The van der Waals surface area contributed by atoms with E-state index in [0.29, 0.717) is 75.0 Å². The Morgan fingerprint density at radius 1 is 0.471 bits per heavy atom. The highest BCUT2D eigenvalue weighted by atomic mass is 35.5. The minimum absolute atomic E-state index is 0.241. The summed E-state index contributed by atoms with van der Waals surface area (Å²) in [6, 6.07) is 5.76. The Labute approximate surface area is 598 Å². The minimum Gasteiger partial charge on any atom is -0.462 e. The van der Waals surface area contributed by atoms with Crippen molar-refractivity contribution in [1.82, 2.24) is 124 Å². The van der Waals surface area contributed by atoms with Gasteiger partial charge in [0.2, 0.25) is 11.8 Å². The largest absolute Gasteiger partial charge is 0.462 e. The topological polar surface area (TPSA) is 394 Å². The first-order chi connectivity index (χ1) is 50.8. The zero-order valence-electron chi connectivity index (χ0n) is 58.5. The van der Waals surface area contributed by atoms with Crippen LogP contribution in [-0.4, -0.2) is 124 Å². The minimum atomic E-state index is -0.241. The van der Waals surface area contributed by atoms with Crippen molar-refractivity contribution in [3.63, 3.8) is 0 Å². The summed E-state index contributed by atoms with van der Waals surface area (Å²) in [5, 5.41) is 39.5. The molecule has 0 radical (unpaired) electrons. The molecule has 534 valence electrons. The number of oxazole rings is 1. The van der Waals surface area contributed by atoms with Crippen molar-refractivity contribution >= 4 is 72.7 Å². The molecular formula is C71H77ClN26O6.